The van der Waals surface area contributed by atoms with Crippen LogP contribution in [-0.4, -0.2) is 62.7 Å². The second-order valence-electron chi connectivity index (χ2n) is 5.41. The molecule has 0 aromatic heterocycles. The molecule has 1 aliphatic carbocycles. The zero-order chi connectivity index (χ0) is 12.0. The second kappa shape index (κ2) is 7.25. The van der Waals surface area contributed by atoms with E-state index in [2.05, 4.69) is 43.2 Å². The topological polar surface area (TPSA) is 18.5 Å². The molecule has 1 saturated carbocycles. The van der Waals surface area contributed by atoms with Gasteiger partial charge in [-0.25, -0.2) is 0 Å². The molecule has 1 aliphatic rings. The first-order valence-electron chi connectivity index (χ1n) is 6.71. The van der Waals surface area contributed by atoms with Gasteiger partial charge in [0, 0.05) is 31.7 Å². The molecule has 1 unspecified atom stereocenters. The van der Waals surface area contributed by atoms with Crippen LogP contribution in [0.5, 0.6) is 0 Å². The van der Waals surface area contributed by atoms with Gasteiger partial charge in [0.1, 0.15) is 0 Å². The van der Waals surface area contributed by atoms with E-state index in [4.69, 9.17) is 0 Å². The minimum atomic E-state index is 0.713. The first-order valence-corrected chi connectivity index (χ1v) is 6.71. The highest BCUT2D eigenvalue weighted by Gasteiger charge is 2.22. The molecule has 3 nitrogen and oxygen atoms in total. The summed E-state index contributed by atoms with van der Waals surface area (Å²) >= 11 is 0. The van der Waals surface area contributed by atoms with Gasteiger partial charge < -0.3 is 15.1 Å². The number of hydrogen-bond acceptors (Lipinski definition) is 3. The van der Waals surface area contributed by atoms with E-state index in [-0.39, 0.29) is 0 Å². The van der Waals surface area contributed by atoms with E-state index in [1.54, 1.807) is 0 Å². The normalized spacial score (nSPS) is 18.4. The van der Waals surface area contributed by atoms with Crippen molar-refractivity contribution in [3.05, 3.63) is 0 Å². The van der Waals surface area contributed by atoms with Crippen molar-refractivity contribution in [3.8, 4) is 0 Å². The summed E-state index contributed by atoms with van der Waals surface area (Å²) in [6.45, 7) is 5.77. The molecule has 1 atom stereocenters. The Morgan fingerprint density at radius 1 is 1.19 bits per heavy atom. The first kappa shape index (κ1) is 13.9. The number of nitrogens with zero attached hydrogens (tertiary/aromatic N) is 2. The molecule has 0 heterocycles. The van der Waals surface area contributed by atoms with Crippen molar-refractivity contribution < 1.29 is 0 Å². The molecule has 0 radical (unpaired) electrons. The number of nitrogens with one attached hydrogen (secondary N) is 1. The Bertz CT molecular complexity index is 178. The molecule has 1 fully saturated rings. The SMILES string of the molecule is CCCC(CNC1CC1)N(C)CCN(C)C. The number of rotatable bonds is 9. The molecule has 0 spiro atoms. The third-order valence-electron chi connectivity index (χ3n) is 3.36. The predicted molar refractivity (Wildman–Crippen MR) is 70.9 cm³/mol. The third kappa shape index (κ3) is 5.83. The molecule has 1 N–H and O–H groups in total. The van der Waals surface area contributed by atoms with E-state index in [0.29, 0.717) is 6.04 Å². The average Bonchev–Trinajstić information content (AvgIpc) is 3.04. The van der Waals surface area contributed by atoms with Gasteiger partial charge in [-0.1, -0.05) is 13.3 Å². The summed E-state index contributed by atoms with van der Waals surface area (Å²) in [5.41, 5.74) is 0. The van der Waals surface area contributed by atoms with Crippen LogP contribution in [0.1, 0.15) is 32.6 Å². The van der Waals surface area contributed by atoms with Crippen LogP contribution in [0.25, 0.3) is 0 Å². The Balaban J connectivity index is 2.22. The van der Waals surface area contributed by atoms with Crippen LogP contribution in [0.4, 0.5) is 0 Å². The lowest BCUT2D eigenvalue weighted by Gasteiger charge is -2.29. The molecule has 0 amide bonds. The van der Waals surface area contributed by atoms with Crippen molar-refractivity contribution in [3.63, 3.8) is 0 Å². The van der Waals surface area contributed by atoms with Gasteiger partial charge in [-0.15, -0.1) is 0 Å². The molecule has 1 rings (SSSR count). The van der Waals surface area contributed by atoms with Gasteiger partial charge in [-0.3, -0.25) is 0 Å². The Labute approximate surface area is 101 Å². The second-order valence-corrected chi connectivity index (χ2v) is 5.41. The Morgan fingerprint density at radius 3 is 2.38 bits per heavy atom. The molecule has 96 valence electrons. The fourth-order valence-electron chi connectivity index (χ4n) is 1.94. The number of likely N-dealkylation sites (N-methyl/N-ethyl adjacent to an activating group) is 2. The fourth-order valence-corrected chi connectivity index (χ4v) is 1.94. The number of hydrogen-bond donors (Lipinski definition) is 1. The van der Waals surface area contributed by atoms with Crippen molar-refractivity contribution in [1.29, 1.82) is 0 Å². The van der Waals surface area contributed by atoms with Crippen LogP contribution in [0, 0.1) is 0 Å². The van der Waals surface area contributed by atoms with E-state index in [1.807, 2.05) is 0 Å². The van der Waals surface area contributed by atoms with Gasteiger partial charge in [0.25, 0.3) is 0 Å². The minimum absolute atomic E-state index is 0.713. The van der Waals surface area contributed by atoms with Crippen molar-refractivity contribution in [2.24, 2.45) is 0 Å². The smallest absolute Gasteiger partial charge is 0.0218 e. The highest BCUT2D eigenvalue weighted by Crippen LogP contribution is 2.19. The maximum atomic E-state index is 3.65. The molecule has 3 heteroatoms. The molecular formula is C13H29N3. The Morgan fingerprint density at radius 2 is 1.88 bits per heavy atom. The van der Waals surface area contributed by atoms with Crippen molar-refractivity contribution in [2.45, 2.75) is 44.7 Å². The first-order chi connectivity index (χ1) is 7.63. The largest absolute Gasteiger partial charge is 0.312 e. The summed E-state index contributed by atoms with van der Waals surface area (Å²) in [4.78, 5) is 4.77. The van der Waals surface area contributed by atoms with Gasteiger partial charge in [-0.05, 0) is 40.4 Å². The van der Waals surface area contributed by atoms with E-state index in [9.17, 15) is 0 Å². The maximum absolute atomic E-state index is 3.65. The molecule has 0 bridgehead atoms. The van der Waals surface area contributed by atoms with Crippen LogP contribution in [0.15, 0.2) is 0 Å². The van der Waals surface area contributed by atoms with Gasteiger partial charge in [-0.2, -0.15) is 0 Å². The zero-order valence-corrected chi connectivity index (χ0v) is 11.5. The summed E-state index contributed by atoms with van der Waals surface area (Å²) in [5.74, 6) is 0. The summed E-state index contributed by atoms with van der Waals surface area (Å²) in [6, 6.07) is 1.55. The summed E-state index contributed by atoms with van der Waals surface area (Å²) < 4.78 is 0. The molecule has 16 heavy (non-hydrogen) atoms. The minimum Gasteiger partial charge on any atom is -0.312 e. The lowest BCUT2D eigenvalue weighted by Crippen LogP contribution is -2.43. The molecule has 0 aliphatic heterocycles. The standard InChI is InChI=1S/C13H29N3/c1-5-6-13(11-14-12-7-8-12)16(4)10-9-15(2)3/h12-14H,5-11H2,1-4H3. The fraction of sp³-hybridized carbons (Fsp3) is 1.00. The van der Waals surface area contributed by atoms with Crippen LogP contribution in [0.3, 0.4) is 0 Å². The van der Waals surface area contributed by atoms with Gasteiger partial charge >= 0.3 is 0 Å². The zero-order valence-electron chi connectivity index (χ0n) is 11.5. The average molecular weight is 227 g/mol. The molecule has 0 aromatic carbocycles. The maximum Gasteiger partial charge on any atom is 0.0218 e. The van der Waals surface area contributed by atoms with E-state index in [1.165, 1.54) is 38.8 Å². The van der Waals surface area contributed by atoms with E-state index < -0.39 is 0 Å². The van der Waals surface area contributed by atoms with Gasteiger partial charge in [0.15, 0.2) is 0 Å². The molecule has 0 saturated heterocycles. The van der Waals surface area contributed by atoms with Crippen LogP contribution in [-0.2, 0) is 0 Å². The Kier molecular flexibility index (Phi) is 6.32. The highest BCUT2D eigenvalue weighted by molar-refractivity contribution is 4.83. The Hall–Kier alpha value is -0.120. The monoisotopic (exact) mass is 227 g/mol. The highest BCUT2D eigenvalue weighted by atomic mass is 15.2. The lowest BCUT2D eigenvalue weighted by atomic mass is 10.1. The van der Waals surface area contributed by atoms with Crippen molar-refractivity contribution in [1.82, 2.24) is 15.1 Å². The van der Waals surface area contributed by atoms with Crippen LogP contribution < -0.4 is 5.32 Å². The summed E-state index contributed by atoms with van der Waals surface area (Å²) in [7, 11) is 6.55. The van der Waals surface area contributed by atoms with E-state index in [0.717, 1.165) is 12.6 Å². The summed E-state index contributed by atoms with van der Waals surface area (Å²) in [6.07, 6.45) is 5.37. The van der Waals surface area contributed by atoms with Crippen molar-refractivity contribution >= 4 is 0 Å². The van der Waals surface area contributed by atoms with Crippen LogP contribution >= 0.6 is 0 Å². The van der Waals surface area contributed by atoms with E-state index >= 15 is 0 Å². The van der Waals surface area contributed by atoms with Crippen molar-refractivity contribution in [2.75, 3.05) is 40.8 Å². The molecule has 0 aromatic rings. The van der Waals surface area contributed by atoms with Gasteiger partial charge in [0.05, 0.1) is 0 Å². The quantitative estimate of drug-likeness (QED) is 0.642. The lowest BCUT2D eigenvalue weighted by molar-refractivity contribution is 0.202. The third-order valence-corrected chi connectivity index (χ3v) is 3.36. The summed E-state index contributed by atoms with van der Waals surface area (Å²) in [5, 5.41) is 3.65. The van der Waals surface area contributed by atoms with Gasteiger partial charge in [0.2, 0.25) is 0 Å². The predicted octanol–water partition coefficient (Wildman–Crippen LogP) is 1.40. The molecular weight excluding hydrogens is 198 g/mol. The van der Waals surface area contributed by atoms with Crippen LogP contribution in [0.2, 0.25) is 0 Å².